The molecule has 1 saturated carbocycles. The van der Waals surface area contributed by atoms with Crippen LogP contribution in [0.4, 0.5) is 17.6 Å². The summed E-state index contributed by atoms with van der Waals surface area (Å²) in [5.41, 5.74) is -1.49. The largest absolute Gasteiger partial charge is 0.203 e. The summed E-state index contributed by atoms with van der Waals surface area (Å²) >= 11 is 11.2. The SMILES string of the molecule is Cc1c(F)c(F)c(CC2C(C=C(Cl)Cl)C2(C)C)c(F)c1F. The number of hydrogen-bond acceptors (Lipinski definition) is 0. The van der Waals surface area contributed by atoms with Gasteiger partial charge in [0.15, 0.2) is 23.3 Å². The Hall–Kier alpha value is -0.740. The van der Waals surface area contributed by atoms with E-state index in [0.29, 0.717) is 0 Å². The molecule has 21 heavy (non-hydrogen) atoms. The Labute approximate surface area is 130 Å². The quantitative estimate of drug-likeness (QED) is 0.490. The standard InChI is InChI=1S/C15H14Cl2F4/c1-6-11(18)13(20)7(14(21)12(6)19)4-8-9(5-10(16)17)15(8,2)3/h5,8-9H,4H2,1-3H3. The molecule has 0 amide bonds. The molecule has 1 fully saturated rings. The van der Waals surface area contributed by atoms with E-state index in [1.165, 1.54) is 0 Å². The van der Waals surface area contributed by atoms with E-state index in [2.05, 4.69) is 0 Å². The minimum Gasteiger partial charge on any atom is -0.203 e. The zero-order valence-corrected chi connectivity index (χ0v) is 13.2. The Morgan fingerprint density at radius 2 is 1.52 bits per heavy atom. The Bertz CT molecular complexity index is 590. The lowest BCUT2D eigenvalue weighted by molar-refractivity contribution is 0.422. The number of benzene rings is 1. The predicted octanol–water partition coefficient (Wildman–Crippen LogP) is 5.69. The molecule has 0 aromatic heterocycles. The first kappa shape index (κ1) is 16.6. The minimum atomic E-state index is -1.34. The van der Waals surface area contributed by atoms with Gasteiger partial charge >= 0.3 is 0 Å². The molecule has 0 nitrogen and oxygen atoms in total. The van der Waals surface area contributed by atoms with Gasteiger partial charge in [0.05, 0.1) is 0 Å². The van der Waals surface area contributed by atoms with Crippen LogP contribution in [-0.4, -0.2) is 0 Å². The van der Waals surface area contributed by atoms with Crippen LogP contribution in [0.15, 0.2) is 10.6 Å². The summed E-state index contributed by atoms with van der Waals surface area (Å²) in [7, 11) is 0. The van der Waals surface area contributed by atoms with Crippen molar-refractivity contribution in [2.24, 2.45) is 17.3 Å². The molecule has 0 N–H and O–H groups in total. The lowest BCUT2D eigenvalue weighted by Crippen LogP contribution is -2.08. The average molecular weight is 341 g/mol. The number of rotatable bonds is 3. The van der Waals surface area contributed by atoms with Crippen molar-refractivity contribution in [2.75, 3.05) is 0 Å². The summed E-state index contributed by atoms with van der Waals surface area (Å²) in [4.78, 5) is 0. The third-order valence-corrected chi connectivity index (χ3v) is 4.69. The molecule has 116 valence electrons. The molecule has 0 spiro atoms. The highest BCUT2D eigenvalue weighted by molar-refractivity contribution is 6.55. The van der Waals surface area contributed by atoms with Gasteiger partial charge in [0.1, 0.15) is 4.49 Å². The van der Waals surface area contributed by atoms with Gasteiger partial charge in [-0.3, -0.25) is 0 Å². The van der Waals surface area contributed by atoms with Crippen LogP contribution in [0.3, 0.4) is 0 Å². The zero-order chi connectivity index (χ0) is 16.1. The fourth-order valence-electron chi connectivity index (χ4n) is 2.83. The topological polar surface area (TPSA) is 0 Å². The van der Waals surface area contributed by atoms with Gasteiger partial charge in [-0.1, -0.05) is 43.1 Å². The first-order chi connectivity index (χ1) is 9.59. The minimum absolute atomic E-state index is 0.0674. The van der Waals surface area contributed by atoms with Crippen LogP contribution in [0.1, 0.15) is 25.0 Å². The van der Waals surface area contributed by atoms with Crippen molar-refractivity contribution in [2.45, 2.75) is 27.2 Å². The van der Waals surface area contributed by atoms with Crippen molar-refractivity contribution in [3.63, 3.8) is 0 Å². The zero-order valence-electron chi connectivity index (χ0n) is 11.7. The monoisotopic (exact) mass is 340 g/mol. The van der Waals surface area contributed by atoms with Crippen LogP contribution in [0.25, 0.3) is 0 Å². The van der Waals surface area contributed by atoms with Gasteiger partial charge in [0.2, 0.25) is 0 Å². The third-order valence-electron chi connectivity index (χ3n) is 4.44. The van der Waals surface area contributed by atoms with Crippen molar-refractivity contribution in [3.05, 3.63) is 45.0 Å². The summed E-state index contributed by atoms with van der Waals surface area (Å²) in [5.74, 6) is -5.61. The van der Waals surface area contributed by atoms with Crippen LogP contribution >= 0.6 is 23.2 Å². The van der Waals surface area contributed by atoms with E-state index >= 15 is 0 Å². The molecule has 2 unspecified atom stereocenters. The summed E-state index contributed by atoms with van der Waals surface area (Å²) in [6, 6.07) is 0. The molecule has 1 aromatic rings. The van der Waals surface area contributed by atoms with Crippen LogP contribution in [0.2, 0.25) is 0 Å². The smallest absolute Gasteiger partial charge is 0.165 e. The van der Waals surface area contributed by atoms with Gasteiger partial charge in [-0.25, -0.2) is 17.6 Å². The van der Waals surface area contributed by atoms with Crippen molar-refractivity contribution >= 4 is 23.2 Å². The third kappa shape index (κ3) is 2.80. The van der Waals surface area contributed by atoms with Gasteiger partial charge in [0.25, 0.3) is 0 Å². The lowest BCUT2D eigenvalue weighted by Gasteiger charge is -2.10. The van der Waals surface area contributed by atoms with Crippen LogP contribution < -0.4 is 0 Å². The van der Waals surface area contributed by atoms with E-state index < -0.39 is 34.4 Å². The van der Waals surface area contributed by atoms with Crippen molar-refractivity contribution in [1.29, 1.82) is 0 Å². The molecule has 0 radical (unpaired) electrons. The van der Waals surface area contributed by atoms with Crippen LogP contribution in [0, 0.1) is 47.4 Å². The Morgan fingerprint density at radius 1 is 1.05 bits per heavy atom. The fraction of sp³-hybridized carbons (Fsp3) is 0.467. The van der Waals surface area contributed by atoms with Gasteiger partial charge in [0, 0.05) is 11.1 Å². The molecule has 6 heteroatoms. The van der Waals surface area contributed by atoms with Gasteiger partial charge in [-0.15, -0.1) is 0 Å². The van der Waals surface area contributed by atoms with E-state index in [4.69, 9.17) is 23.2 Å². The second-order valence-corrected chi connectivity index (χ2v) is 6.98. The first-order valence-corrected chi connectivity index (χ1v) is 7.18. The van der Waals surface area contributed by atoms with Gasteiger partial charge in [-0.2, -0.15) is 0 Å². The van der Waals surface area contributed by atoms with Crippen molar-refractivity contribution < 1.29 is 17.6 Å². The summed E-state index contributed by atoms with van der Waals surface area (Å²) in [5, 5.41) is 0. The van der Waals surface area contributed by atoms with E-state index in [1.54, 1.807) is 6.08 Å². The molecule has 2 atom stereocenters. The average Bonchev–Trinajstić information content (AvgIpc) is 2.89. The molecule has 1 aliphatic carbocycles. The first-order valence-electron chi connectivity index (χ1n) is 6.43. The molecule has 1 aromatic carbocycles. The normalized spacial score (nSPS) is 23.1. The van der Waals surface area contributed by atoms with Crippen LogP contribution in [0.5, 0.6) is 0 Å². The van der Waals surface area contributed by atoms with Crippen molar-refractivity contribution in [3.8, 4) is 0 Å². The van der Waals surface area contributed by atoms with E-state index in [-0.39, 0.29) is 28.2 Å². The molecular formula is C15H14Cl2F4. The Balaban J connectivity index is 2.36. The molecule has 0 saturated heterocycles. The van der Waals surface area contributed by atoms with Gasteiger partial charge < -0.3 is 0 Å². The van der Waals surface area contributed by atoms with Gasteiger partial charge in [-0.05, 0) is 30.6 Å². The van der Waals surface area contributed by atoms with E-state index in [1.807, 2.05) is 13.8 Å². The molecular weight excluding hydrogens is 327 g/mol. The maximum atomic E-state index is 13.9. The molecule has 0 aliphatic heterocycles. The predicted molar refractivity (Wildman–Crippen MR) is 75.3 cm³/mol. The molecule has 0 heterocycles. The van der Waals surface area contributed by atoms with E-state index in [9.17, 15) is 17.6 Å². The highest BCUT2D eigenvalue weighted by atomic mass is 35.5. The second-order valence-electron chi connectivity index (χ2n) is 5.97. The lowest BCUT2D eigenvalue weighted by atomic mass is 10.00. The highest BCUT2D eigenvalue weighted by Crippen LogP contribution is 2.61. The second kappa shape index (κ2) is 5.47. The van der Waals surface area contributed by atoms with Crippen molar-refractivity contribution in [1.82, 2.24) is 0 Å². The molecule has 0 bridgehead atoms. The maximum absolute atomic E-state index is 13.9. The molecule has 1 aliphatic rings. The summed E-state index contributed by atoms with van der Waals surface area (Å²) in [6.07, 6.45) is 1.48. The Kier molecular flexibility index (Phi) is 4.33. The number of halogens is 6. The number of hydrogen-bond donors (Lipinski definition) is 0. The summed E-state index contributed by atoms with van der Waals surface area (Å²) < 4.78 is 55.0. The van der Waals surface area contributed by atoms with Crippen LogP contribution in [-0.2, 0) is 6.42 Å². The molecule has 2 rings (SSSR count). The fourth-order valence-corrected chi connectivity index (χ4v) is 3.10. The number of allylic oxidation sites excluding steroid dienone is 1. The van der Waals surface area contributed by atoms with E-state index in [0.717, 1.165) is 6.92 Å². The summed E-state index contributed by atoms with van der Waals surface area (Å²) in [6.45, 7) is 4.76. The maximum Gasteiger partial charge on any atom is 0.165 e. The Morgan fingerprint density at radius 3 is 1.95 bits per heavy atom. The highest BCUT2D eigenvalue weighted by Gasteiger charge is 2.56.